The van der Waals surface area contributed by atoms with Crippen molar-refractivity contribution in [3.8, 4) is 0 Å². The van der Waals surface area contributed by atoms with E-state index >= 15 is 0 Å². The second-order valence-electron chi connectivity index (χ2n) is 2.84. The van der Waals surface area contributed by atoms with Gasteiger partial charge in [-0.1, -0.05) is 0 Å². The third-order valence-electron chi connectivity index (χ3n) is 1.91. The first kappa shape index (κ1) is 10.4. The first-order valence-corrected chi connectivity index (χ1v) is 3.63. The first-order valence-electron chi connectivity index (χ1n) is 3.63. The van der Waals surface area contributed by atoms with Gasteiger partial charge in [0.15, 0.2) is 12.4 Å². The Balaban J connectivity index is 2.76. The maximum absolute atomic E-state index is 10.4. The van der Waals surface area contributed by atoms with E-state index in [1.165, 1.54) is 0 Å². The number of carbonyl (C=O) groups is 1. The van der Waals surface area contributed by atoms with Gasteiger partial charge in [-0.05, 0) is 0 Å². The molecule has 6 N–H and O–H groups in total. The lowest BCUT2D eigenvalue weighted by atomic mass is 9.98. The number of rotatable bonds is 1. The lowest BCUT2D eigenvalue weighted by molar-refractivity contribution is -0.244. The fourth-order valence-electron chi connectivity index (χ4n) is 1.10. The van der Waals surface area contributed by atoms with Gasteiger partial charge >= 0.3 is 5.97 Å². The van der Waals surface area contributed by atoms with Crippen LogP contribution in [0, 0.1) is 0 Å². The fraction of sp³-hybridized carbons (Fsp3) is 0.833. The van der Waals surface area contributed by atoms with Gasteiger partial charge in [0.1, 0.15) is 12.2 Å². The number of aliphatic hydroxyl groups is 3. The van der Waals surface area contributed by atoms with E-state index < -0.39 is 36.6 Å². The molecule has 0 radical (unpaired) electrons. The van der Waals surface area contributed by atoms with Gasteiger partial charge in [-0.2, -0.15) is 0 Å². The molecule has 0 aromatic carbocycles. The van der Waals surface area contributed by atoms with Crippen LogP contribution >= 0.6 is 0 Å². The third kappa shape index (κ3) is 1.79. The second kappa shape index (κ2) is 3.56. The summed E-state index contributed by atoms with van der Waals surface area (Å²) in [5.74, 6) is -1.46. The summed E-state index contributed by atoms with van der Waals surface area (Å²) in [6.07, 6.45) is -6.37. The molecule has 0 bridgehead atoms. The quantitative estimate of drug-likeness (QED) is 0.296. The van der Waals surface area contributed by atoms with Gasteiger partial charge in [-0.15, -0.1) is 0 Å². The normalized spacial score (nSPS) is 46.0. The van der Waals surface area contributed by atoms with E-state index in [9.17, 15) is 4.79 Å². The maximum Gasteiger partial charge on any atom is 0.335 e. The third-order valence-corrected chi connectivity index (χ3v) is 1.91. The number of aliphatic hydroxyl groups excluding tert-OH is 3. The molecule has 0 aliphatic carbocycles. The first-order chi connectivity index (χ1) is 5.95. The van der Waals surface area contributed by atoms with Crippen LogP contribution in [0.3, 0.4) is 0 Å². The summed E-state index contributed by atoms with van der Waals surface area (Å²) in [6.45, 7) is 0. The van der Waals surface area contributed by atoms with Gasteiger partial charge in [0.25, 0.3) is 0 Å². The van der Waals surface area contributed by atoms with E-state index in [4.69, 9.17) is 26.2 Å². The minimum absolute atomic E-state index is 1.20. The van der Waals surface area contributed by atoms with Crippen LogP contribution in [-0.4, -0.2) is 57.0 Å². The molecule has 1 aliphatic rings. The molecule has 0 amide bonds. The smallest absolute Gasteiger partial charge is 0.335 e. The average Bonchev–Trinajstić information content (AvgIpc) is 2.07. The molecule has 1 rings (SSSR count). The number of ether oxygens (including phenoxy) is 1. The van der Waals surface area contributed by atoms with Crippen LogP contribution in [0.4, 0.5) is 0 Å². The van der Waals surface area contributed by atoms with Crippen molar-refractivity contribution in [2.45, 2.75) is 30.6 Å². The summed E-state index contributed by atoms with van der Waals surface area (Å²) in [7, 11) is 0. The van der Waals surface area contributed by atoms with Crippen molar-refractivity contribution in [1.82, 2.24) is 0 Å². The van der Waals surface area contributed by atoms with Crippen molar-refractivity contribution in [2.24, 2.45) is 5.73 Å². The number of carboxylic acids is 1. The highest BCUT2D eigenvalue weighted by atomic mass is 16.6. The number of hydrogen-bond donors (Lipinski definition) is 5. The van der Waals surface area contributed by atoms with Crippen LogP contribution < -0.4 is 5.73 Å². The summed E-state index contributed by atoms with van der Waals surface area (Å²) in [4.78, 5) is 10.4. The Labute approximate surface area is 73.4 Å². The van der Waals surface area contributed by atoms with Crippen LogP contribution in [0.1, 0.15) is 0 Å². The monoisotopic (exact) mass is 193 g/mol. The van der Waals surface area contributed by atoms with E-state index in [0.29, 0.717) is 0 Å². The Morgan fingerprint density at radius 2 is 1.77 bits per heavy atom. The number of carboxylic acid groups (broad SMARTS) is 1. The Morgan fingerprint density at radius 1 is 1.23 bits per heavy atom. The largest absolute Gasteiger partial charge is 0.479 e. The molecule has 0 saturated carbocycles. The van der Waals surface area contributed by atoms with E-state index in [1.54, 1.807) is 0 Å². The number of nitrogens with two attached hydrogens (primary N) is 1. The standard InChI is InChI=1S/C6H11NO6/c7-1-2(8)3(9)4(5(10)11)13-6(1)12/h1-4,6,8-9,12H,7H2,(H,10,11)/t1-,2-,3-,4-,6-/m1/s1. The predicted molar refractivity (Wildman–Crippen MR) is 38.5 cm³/mol. The SMILES string of the molecule is N[C@@H]1[C@@H](O)[C@@H](O)[C@H](C(=O)O)O[C@H]1O. The van der Waals surface area contributed by atoms with Crippen molar-refractivity contribution in [3.63, 3.8) is 0 Å². The molecule has 5 atom stereocenters. The van der Waals surface area contributed by atoms with E-state index in [0.717, 1.165) is 0 Å². The van der Waals surface area contributed by atoms with Gasteiger partial charge < -0.3 is 30.9 Å². The van der Waals surface area contributed by atoms with Crippen LogP contribution in [0.15, 0.2) is 0 Å². The zero-order valence-electron chi connectivity index (χ0n) is 6.57. The molecule has 1 aliphatic heterocycles. The Morgan fingerprint density at radius 3 is 2.23 bits per heavy atom. The predicted octanol–water partition coefficient (Wildman–Crippen LogP) is -3.16. The summed E-state index contributed by atoms with van der Waals surface area (Å²) in [5, 5.41) is 35.8. The Hall–Kier alpha value is -0.730. The molecule has 0 spiro atoms. The van der Waals surface area contributed by atoms with Crippen molar-refractivity contribution in [3.05, 3.63) is 0 Å². The van der Waals surface area contributed by atoms with Gasteiger partial charge in [0.05, 0.1) is 6.04 Å². The van der Waals surface area contributed by atoms with Crippen LogP contribution in [0.5, 0.6) is 0 Å². The molecular weight excluding hydrogens is 182 g/mol. The summed E-state index contributed by atoms with van der Waals surface area (Å²) >= 11 is 0. The Bertz CT molecular complexity index is 209. The highest BCUT2D eigenvalue weighted by Gasteiger charge is 2.45. The van der Waals surface area contributed by atoms with Crippen molar-refractivity contribution in [1.29, 1.82) is 0 Å². The minimum Gasteiger partial charge on any atom is -0.479 e. The molecule has 0 aromatic rings. The van der Waals surface area contributed by atoms with Crippen LogP contribution in [0.25, 0.3) is 0 Å². The average molecular weight is 193 g/mol. The van der Waals surface area contributed by atoms with Crippen molar-refractivity contribution in [2.75, 3.05) is 0 Å². The summed E-state index contributed by atoms with van der Waals surface area (Å²) < 4.78 is 4.46. The van der Waals surface area contributed by atoms with E-state index in [1.807, 2.05) is 0 Å². The molecule has 1 saturated heterocycles. The van der Waals surface area contributed by atoms with Gasteiger partial charge in [-0.3, -0.25) is 0 Å². The lowest BCUT2D eigenvalue weighted by Crippen LogP contribution is -2.62. The van der Waals surface area contributed by atoms with Crippen LogP contribution in [-0.2, 0) is 9.53 Å². The molecular formula is C6H11NO6. The molecule has 0 unspecified atom stereocenters. The lowest BCUT2D eigenvalue weighted by Gasteiger charge is -2.36. The molecule has 7 nitrogen and oxygen atoms in total. The number of hydrogen-bond acceptors (Lipinski definition) is 6. The molecule has 13 heavy (non-hydrogen) atoms. The van der Waals surface area contributed by atoms with E-state index in [-0.39, 0.29) is 0 Å². The van der Waals surface area contributed by atoms with E-state index in [2.05, 4.69) is 4.74 Å². The minimum atomic E-state index is -1.65. The van der Waals surface area contributed by atoms with Crippen molar-refractivity contribution < 1.29 is 30.0 Å². The topological polar surface area (TPSA) is 133 Å². The summed E-state index contributed by atoms with van der Waals surface area (Å²) in [6, 6.07) is -1.20. The highest BCUT2D eigenvalue weighted by Crippen LogP contribution is 2.18. The second-order valence-corrected chi connectivity index (χ2v) is 2.84. The molecule has 0 aromatic heterocycles. The highest BCUT2D eigenvalue weighted by molar-refractivity contribution is 5.73. The van der Waals surface area contributed by atoms with Gasteiger partial charge in [0.2, 0.25) is 0 Å². The maximum atomic E-state index is 10.4. The molecule has 1 fully saturated rings. The summed E-state index contributed by atoms with van der Waals surface area (Å²) in [5.41, 5.74) is 5.20. The molecule has 1 heterocycles. The zero-order valence-corrected chi connectivity index (χ0v) is 6.57. The van der Waals surface area contributed by atoms with Crippen LogP contribution in [0.2, 0.25) is 0 Å². The van der Waals surface area contributed by atoms with Gasteiger partial charge in [0, 0.05) is 0 Å². The zero-order chi connectivity index (χ0) is 10.2. The van der Waals surface area contributed by atoms with Crippen molar-refractivity contribution >= 4 is 5.97 Å². The fourth-order valence-corrected chi connectivity index (χ4v) is 1.10. The molecule has 7 heteroatoms. The van der Waals surface area contributed by atoms with Gasteiger partial charge in [-0.25, -0.2) is 4.79 Å². The Kier molecular flexibility index (Phi) is 2.84. The number of aliphatic carboxylic acids is 1. The molecule has 76 valence electrons.